The van der Waals surface area contributed by atoms with Crippen molar-refractivity contribution in [3.8, 4) is 0 Å². The van der Waals surface area contributed by atoms with Crippen LogP contribution in [0.3, 0.4) is 0 Å². The van der Waals surface area contributed by atoms with Gasteiger partial charge in [-0.05, 0) is 25.3 Å². The summed E-state index contributed by atoms with van der Waals surface area (Å²) in [6, 6.07) is 3.95. The number of benzene rings is 1. The molecule has 0 spiro atoms. The van der Waals surface area contributed by atoms with Crippen molar-refractivity contribution in [1.82, 2.24) is 4.90 Å². The van der Waals surface area contributed by atoms with E-state index in [4.69, 9.17) is 4.74 Å². The van der Waals surface area contributed by atoms with E-state index in [0.29, 0.717) is 19.6 Å². The number of hydrogen-bond acceptors (Lipinski definition) is 4. The molecule has 2 heterocycles. The predicted molar refractivity (Wildman–Crippen MR) is 82.8 cm³/mol. The van der Waals surface area contributed by atoms with E-state index in [1.165, 1.54) is 6.07 Å². The Hall–Kier alpha value is -1.05. The van der Waals surface area contributed by atoms with Crippen molar-refractivity contribution >= 4 is 9.84 Å². The Morgan fingerprint density at radius 2 is 2.09 bits per heavy atom. The molecular formula is C16H21F2NO3S. The Kier molecular flexibility index (Phi) is 4.98. The van der Waals surface area contributed by atoms with E-state index < -0.39 is 21.5 Å². The summed E-state index contributed by atoms with van der Waals surface area (Å²) in [6.45, 7) is 1.45. The Morgan fingerprint density at radius 1 is 1.26 bits per heavy atom. The lowest BCUT2D eigenvalue weighted by Crippen LogP contribution is -2.41. The summed E-state index contributed by atoms with van der Waals surface area (Å²) in [6.07, 6.45) is 2.47. The molecule has 0 aliphatic carbocycles. The van der Waals surface area contributed by atoms with Crippen LogP contribution in [0.25, 0.3) is 0 Å². The molecule has 2 aliphatic rings. The van der Waals surface area contributed by atoms with E-state index in [0.717, 1.165) is 18.9 Å². The molecule has 2 saturated heterocycles. The van der Waals surface area contributed by atoms with Gasteiger partial charge in [-0.25, -0.2) is 17.2 Å². The van der Waals surface area contributed by atoms with E-state index in [9.17, 15) is 17.2 Å². The highest BCUT2D eigenvalue weighted by atomic mass is 32.2. The zero-order valence-electron chi connectivity index (χ0n) is 12.9. The van der Waals surface area contributed by atoms with Crippen molar-refractivity contribution in [3.05, 3.63) is 35.4 Å². The highest BCUT2D eigenvalue weighted by Crippen LogP contribution is 2.24. The summed E-state index contributed by atoms with van der Waals surface area (Å²) < 4.78 is 56.5. The van der Waals surface area contributed by atoms with Gasteiger partial charge in [0, 0.05) is 31.3 Å². The van der Waals surface area contributed by atoms with E-state index in [2.05, 4.69) is 0 Å². The van der Waals surface area contributed by atoms with Gasteiger partial charge in [0.25, 0.3) is 0 Å². The third-order valence-electron chi connectivity index (χ3n) is 4.59. The third kappa shape index (κ3) is 4.08. The molecule has 2 fully saturated rings. The van der Waals surface area contributed by atoms with Crippen molar-refractivity contribution in [2.24, 2.45) is 0 Å². The molecule has 4 nitrogen and oxygen atoms in total. The molecule has 2 atom stereocenters. The Labute approximate surface area is 135 Å². The first kappa shape index (κ1) is 16.8. The van der Waals surface area contributed by atoms with Gasteiger partial charge in [0.15, 0.2) is 21.5 Å². The van der Waals surface area contributed by atoms with Crippen molar-refractivity contribution < 1.29 is 21.9 Å². The smallest absolute Gasteiger partial charge is 0.163 e. The van der Waals surface area contributed by atoms with Crippen LogP contribution in [-0.2, 0) is 21.1 Å². The van der Waals surface area contributed by atoms with Gasteiger partial charge < -0.3 is 4.74 Å². The molecule has 23 heavy (non-hydrogen) atoms. The molecule has 0 unspecified atom stereocenters. The minimum atomic E-state index is -3.03. The summed E-state index contributed by atoms with van der Waals surface area (Å²) >= 11 is 0. The molecule has 0 N–H and O–H groups in total. The largest absolute Gasteiger partial charge is 0.377 e. The Bertz CT molecular complexity index is 659. The second-order valence-electron chi connectivity index (χ2n) is 6.33. The number of halogens is 2. The minimum Gasteiger partial charge on any atom is -0.377 e. The molecule has 0 aromatic heterocycles. The van der Waals surface area contributed by atoms with E-state index in [1.54, 1.807) is 6.07 Å². The zero-order valence-corrected chi connectivity index (χ0v) is 13.7. The van der Waals surface area contributed by atoms with Gasteiger partial charge in [-0.15, -0.1) is 0 Å². The predicted octanol–water partition coefficient (Wildman–Crippen LogP) is 2.13. The first-order chi connectivity index (χ1) is 10.9. The molecule has 0 radical (unpaired) electrons. The normalized spacial score (nSPS) is 26.9. The van der Waals surface area contributed by atoms with Crippen LogP contribution in [0.4, 0.5) is 8.78 Å². The van der Waals surface area contributed by atoms with Crippen LogP contribution in [0.5, 0.6) is 0 Å². The van der Waals surface area contributed by atoms with Crippen molar-refractivity contribution in [2.45, 2.75) is 38.0 Å². The second kappa shape index (κ2) is 6.83. The number of nitrogens with zero attached hydrogens (tertiary/aromatic N) is 1. The lowest BCUT2D eigenvalue weighted by Gasteiger charge is -2.30. The van der Waals surface area contributed by atoms with E-state index in [-0.39, 0.29) is 35.8 Å². The summed E-state index contributed by atoms with van der Waals surface area (Å²) in [5.41, 5.74) is 0.257. The average molecular weight is 345 g/mol. The third-order valence-corrected chi connectivity index (χ3v) is 6.34. The summed E-state index contributed by atoms with van der Waals surface area (Å²) in [7, 11) is -3.03. The second-order valence-corrected chi connectivity index (χ2v) is 8.56. The molecule has 0 amide bonds. The van der Waals surface area contributed by atoms with Crippen molar-refractivity contribution in [2.75, 3.05) is 24.7 Å². The van der Waals surface area contributed by atoms with Crippen LogP contribution < -0.4 is 0 Å². The van der Waals surface area contributed by atoms with Crippen LogP contribution in [0, 0.1) is 11.6 Å². The van der Waals surface area contributed by atoms with Gasteiger partial charge in [0.1, 0.15) is 0 Å². The lowest BCUT2D eigenvalue weighted by atomic mass is 10.1. The quantitative estimate of drug-likeness (QED) is 0.820. The minimum absolute atomic E-state index is 0.0370. The maximum Gasteiger partial charge on any atom is 0.163 e. The number of ether oxygens (including phenoxy) is 1. The number of hydrogen-bond donors (Lipinski definition) is 0. The Morgan fingerprint density at radius 3 is 2.74 bits per heavy atom. The lowest BCUT2D eigenvalue weighted by molar-refractivity contribution is 0.0569. The topological polar surface area (TPSA) is 46.6 Å². The number of sulfone groups is 1. The number of rotatable bonds is 5. The average Bonchev–Trinajstić information content (AvgIpc) is 3.12. The molecular weight excluding hydrogens is 324 g/mol. The molecule has 1 aromatic rings. The molecule has 128 valence electrons. The van der Waals surface area contributed by atoms with Crippen LogP contribution in [0.1, 0.15) is 24.8 Å². The van der Waals surface area contributed by atoms with Crippen LogP contribution in [0.15, 0.2) is 18.2 Å². The SMILES string of the molecule is O=S1(=O)CC[C@@H](N(Cc2cccc(F)c2F)C[C@H]2CCCO2)C1. The fourth-order valence-electron chi connectivity index (χ4n) is 3.35. The Balaban J connectivity index is 1.78. The van der Waals surface area contributed by atoms with Crippen LogP contribution in [-0.4, -0.2) is 50.1 Å². The van der Waals surface area contributed by atoms with Crippen molar-refractivity contribution in [1.29, 1.82) is 0 Å². The first-order valence-corrected chi connectivity index (χ1v) is 9.76. The van der Waals surface area contributed by atoms with Crippen LogP contribution in [0.2, 0.25) is 0 Å². The van der Waals surface area contributed by atoms with Crippen LogP contribution >= 0.6 is 0 Å². The summed E-state index contributed by atoms with van der Waals surface area (Å²) in [5.74, 6) is -1.49. The molecule has 2 aliphatic heterocycles. The van der Waals surface area contributed by atoms with Gasteiger partial charge in [-0.2, -0.15) is 0 Å². The maximum atomic E-state index is 14.0. The van der Waals surface area contributed by atoms with Gasteiger partial charge in [0.2, 0.25) is 0 Å². The summed E-state index contributed by atoms with van der Waals surface area (Å²) in [4.78, 5) is 1.94. The highest BCUT2D eigenvalue weighted by molar-refractivity contribution is 7.91. The molecule has 1 aromatic carbocycles. The molecule has 0 bridgehead atoms. The highest BCUT2D eigenvalue weighted by Gasteiger charge is 2.34. The maximum absolute atomic E-state index is 14.0. The monoisotopic (exact) mass is 345 g/mol. The van der Waals surface area contributed by atoms with Gasteiger partial charge in [-0.3, -0.25) is 4.90 Å². The first-order valence-electron chi connectivity index (χ1n) is 7.93. The fourth-order valence-corrected chi connectivity index (χ4v) is 5.11. The molecule has 7 heteroatoms. The summed E-state index contributed by atoms with van der Waals surface area (Å²) in [5, 5.41) is 0. The van der Waals surface area contributed by atoms with Crippen molar-refractivity contribution in [3.63, 3.8) is 0 Å². The standard InChI is InChI=1S/C16H21F2NO3S/c17-15-5-1-3-12(16(15)18)9-19(10-14-4-2-7-22-14)13-6-8-23(20,21)11-13/h1,3,5,13-14H,2,4,6-11H2/t13-,14-/m1/s1. The zero-order chi connectivity index (χ0) is 16.4. The van der Waals surface area contributed by atoms with E-state index in [1.807, 2.05) is 4.90 Å². The van der Waals surface area contributed by atoms with E-state index >= 15 is 0 Å². The van der Waals surface area contributed by atoms with Gasteiger partial charge in [-0.1, -0.05) is 12.1 Å². The fraction of sp³-hybridized carbons (Fsp3) is 0.625. The molecule has 3 rings (SSSR count). The van der Waals surface area contributed by atoms with Gasteiger partial charge >= 0.3 is 0 Å². The molecule has 0 saturated carbocycles. The van der Waals surface area contributed by atoms with Gasteiger partial charge in [0.05, 0.1) is 17.6 Å².